The fourth-order valence-electron chi connectivity index (χ4n) is 3.86. The Kier molecular flexibility index (Phi) is 5.66. The van der Waals surface area contributed by atoms with Crippen LogP contribution in [0.2, 0.25) is 10.0 Å². The topological polar surface area (TPSA) is 56.5 Å². The van der Waals surface area contributed by atoms with Crippen molar-refractivity contribution in [3.63, 3.8) is 0 Å². The zero-order valence-electron chi connectivity index (χ0n) is 15.9. The van der Waals surface area contributed by atoms with Gasteiger partial charge in [-0.25, -0.2) is 9.59 Å². The molecule has 1 aliphatic rings. The normalized spacial score (nSPS) is 19.3. The van der Waals surface area contributed by atoms with E-state index in [1.54, 1.807) is 24.3 Å². The molecule has 0 amide bonds. The second-order valence-electron chi connectivity index (χ2n) is 7.60. The van der Waals surface area contributed by atoms with Crippen molar-refractivity contribution in [2.45, 2.75) is 38.7 Å². The average molecular weight is 431 g/mol. The first-order valence-electron chi connectivity index (χ1n) is 9.65. The molecule has 3 aromatic rings. The number of ether oxygens (including phenoxy) is 1. The van der Waals surface area contributed by atoms with Gasteiger partial charge in [0.1, 0.15) is 11.7 Å². The molecule has 2 atom stereocenters. The van der Waals surface area contributed by atoms with Gasteiger partial charge < -0.3 is 9.15 Å². The van der Waals surface area contributed by atoms with E-state index >= 15 is 0 Å². The molecular weight excluding hydrogens is 411 g/mol. The predicted octanol–water partition coefficient (Wildman–Crippen LogP) is 6.50. The third-order valence-electron chi connectivity index (χ3n) is 5.36. The Labute approximate surface area is 178 Å². The van der Waals surface area contributed by atoms with Gasteiger partial charge in [0.05, 0.1) is 21.2 Å². The van der Waals surface area contributed by atoms with Crippen molar-refractivity contribution in [3.05, 3.63) is 68.5 Å². The molecule has 0 bridgehead atoms. The number of hydrogen-bond acceptors (Lipinski definition) is 4. The lowest BCUT2D eigenvalue weighted by molar-refractivity contribution is 0.0155. The molecule has 6 heteroatoms. The first kappa shape index (κ1) is 20.0. The summed E-state index contributed by atoms with van der Waals surface area (Å²) in [6.45, 7) is 2.16. The summed E-state index contributed by atoms with van der Waals surface area (Å²) in [6.07, 6.45) is 3.81. The van der Waals surface area contributed by atoms with Gasteiger partial charge in [-0.2, -0.15) is 0 Å². The highest BCUT2D eigenvalue weighted by Gasteiger charge is 2.24. The number of halogens is 2. The Morgan fingerprint density at radius 1 is 1.10 bits per heavy atom. The highest BCUT2D eigenvalue weighted by Crippen LogP contribution is 2.35. The van der Waals surface area contributed by atoms with E-state index in [0.29, 0.717) is 17.1 Å². The van der Waals surface area contributed by atoms with Crippen LogP contribution in [0.4, 0.5) is 0 Å². The summed E-state index contributed by atoms with van der Waals surface area (Å²) < 4.78 is 11.1. The first-order chi connectivity index (χ1) is 13.9. The van der Waals surface area contributed by atoms with Crippen LogP contribution in [0.25, 0.3) is 22.1 Å². The summed E-state index contributed by atoms with van der Waals surface area (Å²) in [6, 6.07) is 11.9. The van der Waals surface area contributed by atoms with Crippen LogP contribution >= 0.6 is 23.2 Å². The number of rotatable bonds is 3. The second kappa shape index (κ2) is 8.21. The molecule has 1 aromatic heterocycles. The number of esters is 1. The van der Waals surface area contributed by atoms with Gasteiger partial charge >= 0.3 is 11.6 Å². The highest BCUT2D eigenvalue weighted by molar-refractivity contribution is 6.44. The fourth-order valence-corrected chi connectivity index (χ4v) is 4.29. The lowest BCUT2D eigenvalue weighted by Crippen LogP contribution is -2.24. The van der Waals surface area contributed by atoms with Crippen LogP contribution in [0, 0.1) is 5.92 Å². The molecule has 4 nitrogen and oxygen atoms in total. The smallest absolute Gasteiger partial charge is 0.344 e. The third kappa shape index (κ3) is 4.19. The number of carbonyl (C=O) groups excluding carboxylic acids is 1. The minimum absolute atomic E-state index is 0.102. The Balaban J connectivity index is 1.72. The lowest BCUT2D eigenvalue weighted by atomic mass is 9.89. The molecule has 150 valence electrons. The first-order valence-corrected chi connectivity index (χ1v) is 10.4. The van der Waals surface area contributed by atoms with E-state index in [-0.39, 0.29) is 27.3 Å². The molecule has 2 unspecified atom stereocenters. The van der Waals surface area contributed by atoms with E-state index in [2.05, 4.69) is 6.92 Å². The van der Waals surface area contributed by atoms with E-state index in [1.165, 1.54) is 6.07 Å². The van der Waals surface area contributed by atoms with Crippen molar-refractivity contribution in [2.24, 2.45) is 5.92 Å². The monoisotopic (exact) mass is 430 g/mol. The summed E-state index contributed by atoms with van der Waals surface area (Å²) >= 11 is 12.7. The Bertz CT molecular complexity index is 1140. The number of benzene rings is 2. The summed E-state index contributed by atoms with van der Waals surface area (Å²) in [5.74, 6) is 0.0715. The summed E-state index contributed by atoms with van der Waals surface area (Å²) in [7, 11) is 0. The van der Waals surface area contributed by atoms with Gasteiger partial charge in [0.25, 0.3) is 0 Å². The van der Waals surface area contributed by atoms with E-state index < -0.39 is 11.6 Å². The average Bonchev–Trinajstić information content (AvgIpc) is 2.69. The van der Waals surface area contributed by atoms with Crippen LogP contribution in [0.1, 0.15) is 43.0 Å². The Hall–Kier alpha value is -2.30. The van der Waals surface area contributed by atoms with Crippen molar-refractivity contribution >= 4 is 40.1 Å². The number of hydrogen-bond donors (Lipinski definition) is 0. The van der Waals surface area contributed by atoms with E-state index in [0.717, 1.165) is 31.1 Å². The van der Waals surface area contributed by atoms with Crippen LogP contribution in [-0.2, 0) is 4.74 Å². The van der Waals surface area contributed by atoms with Crippen LogP contribution < -0.4 is 5.63 Å². The van der Waals surface area contributed by atoms with Gasteiger partial charge in [0.2, 0.25) is 0 Å². The molecule has 0 saturated heterocycles. The molecule has 2 aromatic carbocycles. The van der Waals surface area contributed by atoms with Gasteiger partial charge in [-0.1, -0.05) is 54.7 Å². The molecule has 1 saturated carbocycles. The molecule has 4 rings (SSSR count). The van der Waals surface area contributed by atoms with Gasteiger partial charge in [0.15, 0.2) is 0 Å². The van der Waals surface area contributed by atoms with Crippen LogP contribution in [0.5, 0.6) is 0 Å². The maximum Gasteiger partial charge on any atom is 0.344 e. The third-order valence-corrected chi connectivity index (χ3v) is 6.16. The van der Waals surface area contributed by atoms with Crippen molar-refractivity contribution < 1.29 is 13.9 Å². The number of fused-ring (bicyclic) bond motifs is 1. The second-order valence-corrected chi connectivity index (χ2v) is 8.39. The van der Waals surface area contributed by atoms with Gasteiger partial charge in [-0.3, -0.25) is 0 Å². The summed E-state index contributed by atoms with van der Waals surface area (Å²) in [5, 5.41) is 1.12. The zero-order valence-corrected chi connectivity index (χ0v) is 17.4. The van der Waals surface area contributed by atoms with Crippen LogP contribution in [0.15, 0.2) is 51.7 Å². The standard InChI is InChI=1S/C23H20Cl2O4/c1-13-5-4-7-16(9-13)28-22(26)15-11-17(21(25)19(24)12-15)18-10-14-6-2-3-8-20(14)29-23(18)27/h2-3,6,8,10-13,16H,4-5,7,9H2,1H3. The minimum Gasteiger partial charge on any atom is -0.459 e. The van der Waals surface area contributed by atoms with E-state index in [9.17, 15) is 9.59 Å². The van der Waals surface area contributed by atoms with Crippen LogP contribution in [-0.4, -0.2) is 12.1 Å². The van der Waals surface area contributed by atoms with Crippen molar-refractivity contribution in [1.29, 1.82) is 0 Å². The molecule has 0 radical (unpaired) electrons. The maximum absolute atomic E-state index is 12.7. The van der Waals surface area contributed by atoms with E-state index in [1.807, 2.05) is 12.1 Å². The Morgan fingerprint density at radius 3 is 2.69 bits per heavy atom. The molecule has 1 aliphatic carbocycles. The number of carbonyl (C=O) groups is 1. The predicted molar refractivity (Wildman–Crippen MR) is 115 cm³/mol. The molecule has 0 spiro atoms. The van der Waals surface area contributed by atoms with Gasteiger partial charge in [-0.05, 0) is 49.4 Å². The molecule has 0 N–H and O–H groups in total. The van der Waals surface area contributed by atoms with E-state index in [4.69, 9.17) is 32.4 Å². The van der Waals surface area contributed by atoms with Crippen molar-refractivity contribution in [3.8, 4) is 11.1 Å². The summed E-state index contributed by atoms with van der Waals surface area (Å²) in [4.78, 5) is 25.3. The quantitative estimate of drug-likeness (QED) is 0.351. The molecular formula is C23H20Cl2O4. The number of para-hydroxylation sites is 1. The molecule has 0 aliphatic heterocycles. The SMILES string of the molecule is CC1CCCC(OC(=O)c2cc(Cl)c(Cl)c(-c3cc4ccccc4oc3=O)c2)C1. The molecule has 1 heterocycles. The van der Waals surface area contributed by atoms with Gasteiger partial charge in [0, 0.05) is 10.9 Å². The maximum atomic E-state index is 12.7. The largest absolute Gasteiger partial charge is 0.459 e. The summed E-state index contributed by atoms with van der Waals surface area (Å²) in [5.41, 5.74) is 0.790. The fraction of sp³-hybridized carbons (Fsp3) is 0.304. The van der Waals surface area contributed by atoms with Crippen molar-refractivity contribution in [2.75, 3.05) is 0 Å². The van der Waals surface area contributed by atoms with Crippen LogP contribution in [0.3, 0.4) is 0 Å². The van der Waals surface area contributed by atoms with Gasteiger partial charge in [-0.15, -0.1) is 0 Å². The van der Waals surface area contributed by atoms with Crippen molar-refractivity contribution in [1.82, 2.24) is 0 Å². The lowest BCUT2D eigenvalue weighted by Gasteiger charge is -2.26. The molecule has 29 heavy (non-hydrogen) atoms. The molecule has 1 fully saturated rings. The minimum atomic E-state index is -0.548. The Morgan fingerprint density at radius 2 is 1.90 bits per heavy atom. The zero-order chi connectivity index (χ0) is 20.5. The highest BCUT2D eigenvalue weighted by atomic mass is 35.5.